The van der Waals surface area contributed by atoms with Crippen molar-refractivity contribution in [2.75, 3.05) is 20.6 Å². The van der Waals surface area contributed by atoms with Crippen LogP contribution in [0, 0.1) is 5.92 Å². The van der Waals surface area contributed by atoms with Crippen molar-refractivity contribution in [3.05, 3.63) is 60.2 Å². The first-order valence-electron chi connectivity index (χ1n) is 7.15. The van der Waals surface area contributed by atoms with Gasteiger partial charge in [-0.05, 0) is 43.2 Å². The van der Waals surface area contributed by atoms with Crippen molar-refractivity contribution < 1.29 is 0 Å². The van der Waals surface area contributed by atoms with Crippen molar-refractivity contribution >= 4 is 0 Å². The summed E-state index contributed by atoms with van der Waals surface area (Å²) in [6.45, 7) is 2.90. The molecule has 2 atom stereocenters. The third-order valence-electron chi connectivity index (χ3n) is 3.83. The van der Waals surface area contributed by atoms with Crippen molar-refractivity contribution in [3.63, 3.8) is 0 Å². The van der Waals surface area contributed by atoms with Gasteiger partial charge in [0.2, 0.25) is 0 Å². The summed E-state index contributed by atoms with van der Waals surface area (Å²) in [6.07, 6.45) is 0. The van der Waals surface area contributed by atoms with E-state index in [4.69, 9.17) is 5.73 Å². The Kier molecular flexibility index (Phi) is 4.94. The van der Waals surface area contributed by atoms with E-state index in [0.29, 0.717) is 18.5 Å². The lowest BCUT2D eigenvalue weighted by Gasteiger charge is -2.30. The lowest BCUT2D eigenvalue weighted by atomic mass is 9.92. The maximum absolute atomic E-state index is 5.84. The molecular weight excluding hydrogens is 244 g/mol. The monoisotopic (exact) mass is 268 g/mol. The molecule has 0 aliphatic carbocycles. The first kappa shape index (κ1) is 14.8. The van der Waals surface area contributed by atoms with Crippen molar-refractivity contribution in [2.45, 2.75) is 13.0 Å². The lowest BCUT2D eigenvalue weighted by Crippen LogP contribution is -2.30. The minimum Gasteiger partial charge on any atom is -0.330 e. The highest BCUT2D eigenvalue weighted by molar-refractivity contribution is 5.63. The van der Waals surface area contributed by atoms with E-state index in [2.05, 4.69) is 74.4 Å². The molecule has 2 aromatic carbocycles. The van der Waals surface area contributed by atoms with Crippen molar-refractivity contribution in [3.8, 4) is 11.1 Å². The third kappa shape index (κ3) is 3.27. The molecule has 0 amide bonds. The molecule has 0 saturated heterocycles. The van der Waals surface area contributed by atoms with E-state index in [1.807, 2.05) is 6.07 Å². The number of hydrogen-bond acceptors (Lipinski definition) is 2. The highest BCUT2D eigenvalue weighted by Crippen LogP contribution is 2.28. The summed E-state index contributed by atoms with van der Waals surface area (Å²) >= 11 is 0. The molecular formula is C18H24N2. The van der Waals surface area contributed by atoms with Crippen LogP contribution in [0.4, 0.5) is 0 Å². The normalized spacial score (nSPS) is 14.2. The molecule has 2 aromatic rings. The summed E-state index contributed by atoms with van der Waals surface area (Å²) in [4.78, 5) is 2.25. The summed E-state index contributed by atoms with van der Waals surface area (Å²) in [6, 6.07) is 19.7. The average molecular weight is 268 g/mol. The Morgan fingerprint density at radius 2 is 1.45 bits per heavy atom. The van der Waals surface area contributed by atoms with Crippen LogP contribution < -0.4 is 5.73 Å². The standard InChI is InChI=1S/C18H24N2/c1-14(13-19)18(20(2)3)17-11-9-16(10-12-17)15-7-5-4-6-8-15/h4-12,14,18H,13,19H2,1-3H3. The van der Waals surface area contributed by atoms with Crippen LogP contribution in [0.15, 0.2) is 54.6 Å². The summed E-state index contributed by atoms with van der Waals surface area (Å²) in [5, 5.41) is 0. The smallest absolute Gasteiger partial charge is 0.0379 e. The molecule has 2 N–H and O–H groups in total. The van der Waals surface area contributed by atoms with Crippen LogP contribution in [-0.4, -0.2) is 25.5 Å². The number of hydrogen-bond donors (Lipinski definition) is 1. The molecule has 20 heavy (non-hydrogen) atoms. The van der Waals surface area contributed by atoms with Gasteiger partial charge in [0.1, 0.15) is 0 Å². The molecule has 0 saturated carbocycles. The zero-order chi connectivity index (χ0) is 14.5. The van der Waals surface area contributed by atoms with Crippen LogP contribution in [0.25, 0.3) is 11.1 Å². The van der Waals surface area contributed by atoms with Crippen molar-refractivity contribution in [2.24, 2.45) is 11.7 Å². The molecule has 0 bridgehead atoms. The number of rotatable bonds is 5. The van der Waals surface area contributed by atoms with Crippen molar-refractivity contribution in [1.29, 1.82) is 0 Å². The first-order valence-corrected chi connectivity index (χ1v) is 7.15. The number of nitrogens with two attached hydrogens (primary N) is 1. The molecule has 0 heterocycles. The lowest BCUT2D eigenvalue weighted by molar-refractivity contribution is 0.227. The molecule has 0 fully saturated rings. The average Bonchev–Trinajstić information content (AvgIpc) is 2.48. The van der Waals surface area contributed by atoms with E-state index in [0.717, 1.165) is 0 Å². The van der Waals surface area contributed by atoms with Crippen LogP contribution in [0.2, 0.25) is 0 Å². The zero-order valence-corrected chi connectivity index (χ0v) is 12.6. The Hall–Kier alpha value is -1.64. The fourth-order valence-corrected chi connectivity index (χ4v) is 2.77. The number of benzene rings is 2. The zero-order valence-electron chi connectivity index (χ0n) is 12.6. The second kappa shape index (κ2) is 6.69. The predicted molar refractivity (Wildman–Crippen MR) is 86.5 cm³/mol. The van der Waals surface area contributed by atoms with Gasteiger partial charge >= 0.3 is 0 Å². The maximum atomic E-state index is 5.84. The van der Waals surface area contributed by atoms with E-state index in [1.54, 1.807) is 0 Å². The number of nitrogens with zero attached hydrogens (tertiary/aromatic N) is 1. The third-order valence-corrected chi connectivity index (χ3v) is 3.83. The van der Waals surface area contributed by atoms with Gasteiger partial charge in [0, 0.05) is 6.04 Å². The highest BCUT2D eigenvalue weighted by atomic mass is 15.1. The Bertz CT molecular complexity index is 517. The minimum atomic E-state index is 0.366. The molecule has 0 spiro atoms. The van der Waals surface area contributed by atoms with Crippen LogP contribution >= 0.6 is 0 Å². The molecule has 2 unspecified atom stereocenters. The second-order valence-corrected chi connectivity index (χ2v) is 5.61. The van der Waals surface area contributed by atoms with E-state index in [-0.39, 0.29) is 0 Å². The van der Waals surface area contributed by atoms with Gasteiger partial charge in [0.25, 0.3) is 0 Å². The topological polar surface area (TPSA) is 29.3 Å². The Morgan fingerprint density at radius 3 is 1.95 bits per heavy atom. The van der Waals surface area contributed by atoms with Crippen LogP contribution in [0.1, 0.15) is 18.5 Å². The predicted octanol–water partition coefficient (Wildman–Crippen LogP) is 3.55. The largest absolute Gasteiger partial charge is 0.330 e. The Morgan fingerprint density at radius 1 is 0.900 bits per heavy atom. The molecule has 2 nitrogen and oxygen atoms in total. The molecule has 2 rings (SSSR count). The first-order chi connectivity index (χ1) is 9.63. The van der Waals surface area contributed by atoms with Crippen LogP contribution in [0.3, 0.4) is 0 Å². The highest BCUT2D eigenvalue weighted by Gasteiger charge is 2.20. The fraction of sp³-hybridized carbons (Fsp3) is 0.333. The molecule has 2 heteroatoms. The van der Waals surface area contributed by atoms with E-state index in [1.165, 1.54) is 16.7 Å². The molecule has 106 valence electrons. The SMILES string of the molecule is CC(CN)C(c1ccc(-c2ccccc2)cc1)N(C)C. The van der Waals surface area contributed by atoms with Gasteiger partial charge in [-0.3, -0.25) is 0 Å². The molecule has 0 aromatic heterocycles. The second-order valence-electron chi connectivity index (χ2n) is 5.61. The Balaban J connectivity index is 2.27. The maximum Gasteiger partial charge on any atom is 0.0379 e. The van der Waals surface area contributed by atoms with Crippen LogP contribution in [-0.2, 0) is 0 Å². The van der Waals surface area contributed by atoms with Crippen molar-refractivity contribution in [1.82, 2.24) is 4.90 Å². The van der Waals surface area contributed by atoms with E-state index >= 15 is 0 Å². The molecule has 0 radical (unpaired) electrons. The fourth-order valence-electron chi connectivity index (χ4n) is 2.77. The minimum absolute atomic E-state index is 0.366. The van der Waals surface area contributed by atoms with E-state index < -0.39 is 0 Å². The summed E-state index contributed by atoms with van der Waals surface area (Å²) in [5.74, 6) is 0.438. The summed E-state index contributed by atoms with van der Waals surface area (Å²) < 4.78 is 0. The van der Waals surface area contributed by atoms with Gasteiger partial charge in [-0.1, -0.05) is 61.5 Å². The quantitative estimate of drug-likeness (QED) is 0.898. The summed E-state index contributed by atoms with van der Waals surface area (Å²) in [7, 11) is 4.23. The molecule has 0 aliphatic heterocycles. The van der Waals surface area contributed by atoms with Gasteiger partial charge in [-0.15, -0.1) is 0 Å². The molecule has 0 aliphatic rings. The van der Waals surface area contributed by atoms with E-state index in [9.17, 15) is 0 Å². The van der Waals surface area contributed by atoms with Gasteiger partial charge in [0.15, 0.2) is 0 Å². The van der Waals surface area contributed by atoms with Gasteiger partial charge in [-0.25, -0.2) is 0 Å². The van der Waals surface area contributed by atoms with Crippen LogP contribution in [0.5, 0.6) is 0 Å². The van der Waals surface area contributed by atoms with Gasteiger partial charge in [-0.2, -0.15) is 0 Å². The van der Waals surface area contributed by atoms with Gasteiger partial charge in [0.05, 0.1) is 0 Å². The Labute approximate surface area is 122 Å². The summed E-state index contributed by atoms with van der Waals surface area (Å²) in [5.41, 5.74) is 9.68. The van der Waals surface area contributed by atoms with Gasteiger partial charge < -0.3 is 10.6 Å².